The van der Waals surface area contributed by atoms with Crippen molar-refractivity contribution in [3.63, 3.8) is 0 Å². The lowest BCUT2D eigenvalue weighted by molar-refractivity contribution is -0.155. The number of alkyl halides is 3. The highest BCUT2D eigenvalue weighted by Crippen LogP contribution is 2.51. The predicted molar refractivity (Wildman–Crippen MR) is 133 cm³/mol. The molecular weight excluding hydrogens is 553 g/mol. The maximum Gasteiger partial charge on any atom is 0.511 e. The summed E-state index contributed by atoms with van der Waals surface area (Å²) in [4.78, 5) is 12.0. The van der Waals surface area contributed by atoms with E-state index in [4.69, 9.17) is 16.3 Å². The number of rotatable bonds is 9. The van der Waals surface area contributed by atoms with Crippen LogP contribution in [0.1, 0.15) is 57.6 Å². The minimum absolute atomic E-state index is 0.0400. The molecule has 2 aromatic rings. The smallest absolute Gasteiger partial charge is 0.460 e. The van der Waals surface area contributed by atoms with Crippen LogP contribution in [0.25, 0.3) is 0 Å². The van der Waals surface area contributed by atoms with Crippen LogP contribution in [0.3, 0.4) is 0 Å². The molecule has 12 heteroatoms. The fourth-order valence-electron chi connectivity index (χ4n) is 4.81. The third-order valence-corrected chi connectivity index (χ3v) is 8.33. The largest absolute Gasteiger partial charge is 0.511 e. The Bertz CT molecular complexity index is 1250. The van der Waals surface area contributed by atoms with Gasteiger partial charge in [0.05, 0.1) is 0 Å². The van der Waals surface area contributed by atoms with Crippen molar-refractivity contribution in [2.75, 3.05) is 6.54 Å². The Morgan fingerprint density at radius 3 is 2.24 bits per heavy atom. The van der Waals surface area contributed by atoms with Gasteiger partial charge in [0.15, 0.2) is 0 Å². The van der Waals surface area contributed by atoms with E-state index in [1.165, 1.54) is 0 Å². The topological polar surface area (TPSA) is 63.7 Å². The van der Waals surface area contributed by atoms with Crippen molar-refractivity contribution < 1.29 is 39.9 Å². The number of halogens is 6. The summed E-state index contributed by atoms with van der Waals surface area (Å²) in [6.45, 7) is 4.30. The zero-order chi connectivity index (χ0) is 28.5. The lowest BCUT2D eigenvalue weighted by Crippen LogP contribution is -2.58. The Morgan fingerprint density at radius 2 is 1.68 bits per heavy atom. The Labute approximate surface area is 224 Å². The van der Waals surface area contributed by atoms with Gasteiger partial charge < -0.3 is 4.74 Å². The molecule has 0 bridgehead atoms. The third kappa shape index (κ3) is 7.04. The van der Waals surface area contributed by atoms with Gasteiger partial charge in [-0.05, 0) is 87.9 Å². The van der Waals surface area contributed by atoms with Crippen molar-refractivity contribution in [1.82, 2.24) is 4.31 Å². The monoisotopic (exact) mass is 581 g/mol. The number of benzene rings is 2. The summed E-state index contributed by atoms with van der Waals surface area (Å²) in [6.07, 6.45) is -0.740. The molecule has 0 unspecified atom stereocenters. The van der Waals surface area contributed by atoms with Crippen LogP contribution in [-0.2, 0) is 31.4 Å². The molecule has 0 aliphatic heterocycles. The molecule has 0 atom stereocenters. The van der Waals surface area contributed by atoms with Crippen molar-refractivity contribution in [3.8, 4) is 0 Å². The maximum absolute atomic E-state index is 14.9. The molecule has 38 heavy (non-hydrogen) atoms. The van der Waals surface area contributed by atoms with Gasteiger partial charge in [-0.15, -0.1) is 0 Å². The van der Waals surface area contributed by atoms with E-state index in [0.717, 1.165) is 18.2 Å². The van der Waals surface area contributed by atoms with Gasteiger partial charge >= 0.3 is 21.5 Å². The zero-order valence-corrected chi connectivity index (χ0v) is 22.7. The van der Waals surface area contributed by atoms with Gasteiger partial charge in [-0.1, -0.05) is 23.7 Å². The minimum Gasteiger partial charge on any atom is -0.460 e. The molecule has 5 nitrogen and oxygen atoms in total. The molecule has 0 N–H and O–H groups in total. The van der Waals surface area contributed by atoms with Crippen LogP contribution in [0.5, 0.6) is 0 Å². The number of esters is 1. The van der Waals surface area contributed by atoms with Crippen LogP contribution in [-0.4, -0.2) is 42.4 Å². The van der Waals surface area contributed by atoms with Gasteiger partial charge in [0.2, 0.25) is 0 Å². The van der Waals surface area contributed by atoms with Gasteiger partial charge in [0, 0.05) is 29.4 Å². The second-order valence-electron chi connectivity index (χ2n) is 10.5. The first-order valence-corrected chi connectivity index (χ1v) is 13.8. The summed E-state index contributed by atoms with van der Waals surface area (Å²) in [5.74, 6) is -2.14. The number of carbonyl (C=O) groups is 1. The Balaban J connectivity index is 1.89. The first-order chi connectivity index (χ1) is 17.4. The molecule has 2 aromatic carbocycles. The lowest BCUT2D eigenvalue weighted by Gasteiger charge is -2.52. The van der Waals surface area contributed by atoms with Gasteiger partial charge in [0.1, 0.15) is 17.2 Å². The van der Waals surface area contributed by atoms with Crippen LogP contribution in [0.4, 0.5) is 22.0 Å². The standard InChI is InChI=1S/C26H29ClF5NO4S/c1-24(2,3)37-23(34)5-4-12-33(38(35,36)26(30,31)32)20-15-25(16-20,14-17-6-8-18(27)9-7-17)21-13-19(28)10-11-22(21)29/h6-11,13,20H,4-5,12,14-16H2,1-3H3/t20-,25-. The van der Waals surface area contributed by atoms with Gasteiger partial charge in [-0.3, -0.25) is 4.79 Å². The summed E-state index contributed by atoms with van der Waals surface area (Å²) in [5, 5.41) is 0.443. The summed E-state index contributed by atoms with van der Waals surface area (Å²) >= 11 is 5.94. The quantitative estimate of drug-likeness (QED) is 0.249. The van der Waals surface area contributed by atoms with Gasteiger partial charge in [-0.2, -0.15) is 17.5 Å². The minimum atomic E-state index is -5.76. The van der Waals surface area contributed by atoms with Crippen LogP contribution in [0, 0.1) is 11.6 Å². The summed E-state index contributed by atoms with van der Waals surface area (Å²) in [7, 11) is -5.76. The molecule has 1 fully saturated rings. The number of nitrogens with zero attached hydrogens (tertiary/aromatic N) is 1. The maximum atomic E-state index is 14.9. The van der Waals surface area contributed by atoms with Gasteiger partial charge in [-0.25, -0.2) is 17.2 Å². The normalized spacial score (nSPS) is 20.3. The highest BCUT2D eigenvalue weighted by Gasteiger charge is 2.57. The summed E-state index contributed by atoms with van der Waals surface area (Å²) in [6, 6.07) is 8.25. The molecule has 210 valence electrons. The highest BCUT2D eigenvalue weighted by molar-refractivity contribution is 7.90. The number of sulfonamides is 1. The van der Waals surface area contributed by atoms with E-state index < -0.39 is 56.7 Å². The molecule has 0 aromatic heterocycles. The van der Waals surface area contributed by atoms with Crippen LogP contribution in [0.15, 0.2) is 42.5 Å². The molecule has 1 aliphatic carbocycles. The molecule has 0 spiro atoms. The van der Waals surface area contributed by atoms with E-state index in [1.807, 2.05) is 0 Å². The molecular formula is C26H29ClF5NO4S. The third-order valence-electron chi connectivity index (χ3n) is 6.40. The van der Waals surface area contributed by atoms with E-state index in [9.17, 15) is 35.2 Å². The summed E-state index contributed by atoms with van der Waals surface area (Å²) < 4.78 is 100. The van der Waals surface area contributed by atoms with Crippen LogP contribution >= 0.6 is 11.6 Å². The number of hydrogen-bond acceptors (Lipinski definition) is 4. The summed E-state index contributed by atoms with van der Waals surface area (Å²) in [5.41, 5.74) is -6.90. The Hall–Kier alpha value is -2.24. The Kier molecular flexibility index (Phi) is 8.85. The Morgan fingerprint density at radius 1 is 1.08 bits per heavy atom. The second kappa shape index (κ2) is 11.1. The van der Waals surface area contributed by atoms with E-state index in [1.54, 1.807) is 45.0 Å². The van der Waals surface area contributed by atoms with Gasteiger partial charge in [0.25, 0.3) is 0 Å². The molecule has 3 rings (SSSR count). The predicted octanol–water partition coefficient (Wildman–Crippen LogP) is 6.53. The lowest BCUT2D eigenvalue weighted by atomic mass is 9.58. The molecule has 1 saturated carbocycles. The number of ether oxygens (including phenoxy) is 1. The molecule has 0 radical (unpaired) electrons. The van der Waals surface area contributed by atoms with Crippen molar-refractivity contribution >= 4 is 27.6 Å². The van der Waals surface area contributed by atoms with Crippen molar-refractivity contribution in [1.29, 1.82) is 0 Å². The van der Waals surface area contributed by atoms with Crippen LogP contribution in [0.2, 0.25) is 5.02 Å². The van der Waals surface area contributed by atoms with Crippen molar-refractivity contribution in [3.05, 3.63) is 70.2 Å². The first kappa shape index (κ1) is 30.3. The highest BCUT2D eigenvalue weighted by atomic mass is 35.5. The van der Waals surface area contributed by atoms with E-state index in [0.29, 0.717) is 14.9 Å². The average molecular weight is 582 g/mol. The average Bonchev–Trinajstić information content (AvgIpc) is 2.75. The fraction of sp³-hybridized carbons (Fsp3) is 0.500. The molecule has 0 heterocycles. The van der Waals surface area contributed by atoms with E-state index >= 15 is 0 Å². The van der Waals surface area contributed by atoms with E-state index in [2.05, 4.69) is 0 Å². The fourth-order valence-corrected chi connectivity index (χ4v) is 6.11. The van der Waals surface area contributed by atoms with Crippen molar-refractivity contribution in [2.45, 2.75) is 75.4 Å². The van der Waals surface area contributed by atoms with E-state index in [-0.39, 0.29) is 37.7 Å². The number of carbonyl (C=O) groups excluding carboxylic acids is 1. The van der Waals surface area contributed by atoms with Crippen LogP contribution < -0.4 is 0 Å². The first-order valence-electron chi connectivity index (χ1n) is 11.9. The zero-order valence-electron chi connectivity index (χ0n) is 21.1. The molecule has 0 amide bonds. The second-order valence-corrected chi connectivity index (χ2v) is 12.8. The molecule has 1 aliphatic rings. The molecule has 0 saturated heterocycles. The number of hydrogen-bond donors (Lipinski definition) is 0. The SMILES string of the molecule is CC(C)(C)OC(=O)CCCN([C@H]1C[C@](Cc2ccc(Cl)cc2)(c2cc(F)ccc2F)C1)S(=O)(=O)C(F)(F)F. The van der Waals surface area contributed by atoms with Crippen molar-refractivity contribution in [2.24, 2.45) is 0 Å².